The molecule has 0 amide bonds. The Labute approximate surface area is 213 Å². The Balaban J connectivity index is 0.000000462. The molecule has 7 heteroatoms. The van der Waals surface area contributed by atoms with Crippen LogP contribution in [0.1, 0.15) is 105 Å². The highest BCUT2D eigenvalue weighted by Crippen LogP contribution is 2.34. The minimum Gasteiger partial charge on any atom is -0.450 e. The number of rotatable bonds is 12. The minimum absolute atomic E-state index is 0.220. The number of unbranched alkanes of at least 4 members (excludes halogenated alkanes) is 3. The maximum atomic E-state index is 11.5. The molecule has 0 aromatic rings. The lowest BCUT2D eigenvalue weighted by atomic mass is 9.77. The molecule has 2 rings (SSSR count). The molecule has 0 unspecified atom stereocenters. The second-order valence-electron chi connectivity index (χ2n) is 11.2. The van der Waals surface area contributed by atoms with E-state index in [0.717, 1.165) is 55.8 Å². The first-order valence-electron chi connectivity index (χ1n) is 14.0. The minimum atomic E-state index is -1.24. The molecule has 2 aliphatic rings. The zero-order valence-corrected chi connectivity index (χ0v) is 22.7. The van der Waals surface area contributed by atoms with Crippen molar-refractivity contribution in [1.82, 2.24) is 0 Å². The van der Waals surface area contributed by atoms with Crippen LogP contribution in [-0.4, -0.2) is 49.0 Å². The number of hydrogen-bond acceptors (Lipinski definition) is 6. The Kier molecular flexibility index (Phi) is 16.9. The van der Waals surface area contributed by atoms with E-state index in [1.54, 1.807) is 0 Å². The first kappa shape index (κ1) is 31.5. The van der Waals surface area contributed by atoms with Crippen LogP contribution in [0.5, 0.6) is 0 Å². The molecule has 2 saturated carbocycles. The van der Waals surface area contributed by atoms with Gasteiger partial charge in [0.1, 0.15) is 0 Å². The zero-order valence-electron chi connectivity index (χ0n) is 22.7. The van der Waals surface area contributed by atoms with Gasteiger partial charge in [-0.2, -0.15) is 0 Å². The average molecular weight is 501 g/mol. The number of carbonyl (C=O) groups is 2. The summed E-state index contributed by atoms with van der Waals surface area (Å²) in [4.78, 5) is 21.7. The highest BCUT2D eigenvalue weighted by atomic mass is 16.7. The zero-order chi connectivity index (χ0) is 26.1. The van der Waals surface area contributed by atoms with Crippen molar-refractivity contribution in [2.24, 2.45) is 35.5 Å². The lowest BCUT2D eigenvalue weighted by Crippen LogP contribution is -2.23. The lowest BCUT2D eigenvalue weighted by molar-refractivity contribution is 0.0349. The second-order valence-corrected chi connectivity index (χ2v) is 11.2. The van der Waals surface area contributed by atoms with Crippen molar-refractivity contribution in [3.8, 4) is 0 Å². The van der Waals surface area contributed by atoms with Crippen molar-refractivity contribution in [3.63, 3.8) is 0 Å². The molecule has 2 N–H and O–H groups in total. The summed E-state index contributed by atoms with van der Waals surface area (Å²) in [5, 5.41) is 17.2. The van der Waals surface area contributed by atoms with Crippen molar-refractivity contribution in [1.29, 1.82) is 0 Å². The molecule has 35 heavy (non-hydrogen) atoms. The van der Waals surface area contributed by atoms with Gasteiger partial charge in [-0.05, 0) is 113 Å². The number of ether oxygens (including phenoxy) is 3. The van der Waals surface area contributed by atoms with Crippen LogP contribution in [-0.2, 0) is 14.2 Å². The molecule has 206 valence electrons. The van der Waals surface area contributed by atoms with Crippen molar-refractivity contribution in [2.75, 3.05) is 26.4 Å². The Bertz CT molecular complexity index is 548. The van der Waals surface area contributed by atoms with Gasteiger partial charge in [0.25, 0.3) is 0 Å². The molecule has 0 spiro atoms. The third-order valence-corrected chi connectivity index (χ3v) is 7.85. The van der Waals surface area contributed by atoms with Gasteiger partial charge in [0.15, 0.2) is 0 Å². The fourth-order valence-electron chi connectivity index (χ4n) is 5.16. The van der Waals surface area contributed by atoms with E-state index in [0.29, 0.717) is 38.1 Å². The van der Waals surface area contributed by atoms with Crippen LogP contribution in [0.15, 0.2) is 0 Å². The van der Waals surface area contributed by atoms with Crippen LogP contribution in [0.2, 0.25) is 0 Å². The van der Waals surface area contributed by atoms with Gasteiger partial charge in [-0.1, -0.05) is 27.7 Å². The van der Waals surface area contributed by atoms with Gasteiger partial charge in [0, 0.05) is 6.61 Å². The number of aliphatic hydroxyl groups excluding tert-OH is 1. The fourth-order valence-corrected chi connectivity index (χ4v) is 5.16. The SMILES string of the molecule is CC(C)C1CCC(CO)CC1.CC(C)C1CCC(COC(=O)OCCCCCCOC(=O)O)CC1. The molecule has 0 saturated heterocycles. The molecule has 0 bridgehead atoms. The summed E-state index contributed by atoms with van der Waals surface area (Å²) >= 11 is 0. The first-order valence-corrected chi connectivity index (χ1v) is 14.0. The summed E-state index contributed by atoms with van der Waals surface area (Å²) in [5.41, 5.74) is 0. The summed E-state index contributed by atoms with van der Waals surface area (Å²) in [6.45, 7) is 10.6. The Morgan fingerprint density at radius 2 is 1.14 bits per heavy atom. The van der Waals surface area contributed by atoms with Gasteiger partial charge in [0.05, 0.1) is 19.8 Å². The molecular formula is C28H52O7. The van der Waals surface area contributed by atoms with Gasteiger partial charge in [-0.3, -0.25) is 0 Å². The molecule has 2 fully saturated rings. The monoisotopic (exact) mass is 500 g/mol. The maximum absolute atomic E-state index is 11.5. The van der Waals surface area contributed by atoms with Crippen molar-refractivity contribution >= 4 is 12.3 Å². The quantitative estimate of drug-likeness (QED) is 0.214. The molecular weight excluding hydrogens is 448 g/mol. The molecule has 0 aromatic carbocycles. The highest BCUT2D eigenvalue weighted by molar-refractivity contribution is 5.59. The van der Waals surface area contributed by atoms with Crippen molar-refractivity contribution < 1.29 is 34.0 Å². The highest BCUT2D eigenvalue weighted by Gasteiger charge is 2.24. The largest absolute Gasteiger partial charge is 0.508 e. The van der Waals surface area contributed by atoms with Crippen LogP contribution in [0, 0.1) is 35.5 Å². The van der Waals surface area contributed by atoms with Crippen LogP contribution < -0.4 is 0 Å². The van der Waals surface area contributed by atoms with Crippen molar-refractivity contribution in [2.45, 2.75) is 105 Å². The Morgan fingerprint density at radius 1 is 0.686 bits per heavy atom. The third kappa shape index (κ3) is 15.3. The third-order valence-electron chi connectivity index (χ3n) is 7.85. The molecule has 7 nitrogen and oxygen atoms in total. The Hall–Kier alpha value is -1.50. The van der Waals surface area contributed by atoms with Gasteiger partial charge in [-0.25, -0.2) is 9.59 Å². The van der Waals surface area contributed by atoms with E-state index < -0.39 is 12.3 Å². The molecule has 0 aliphatic heterocycles. The van der Waals surface area contributed by atoms with E-state index in [-0.39, 0.29) is 6.61 Å². The topological polar surface area (TPSA) is 102 Å². The summed E-state index contributed by atoms with van der Waals surface area (Å²) in [7, 11) is 0. The number of carboxylic acid groups (broad SMARTS) is 1. The summed E-state index contributed by atoms with van der Waals surface area (Å²) in [6.07, 6.45) is 11.2. The normalized spacial score (nSPS) is 24.4. The molecule has 2 aliphatic carbocycles. The summed E-state index contributed by atoms with van der Waals surface area (Å²) in [6, 6.07) is 0. The summed E-state index contributed by atoms with van der Waals surface area (Å²) in [5.74, 6) is 4.42. The first-order chi connectivity index (χ1) is 16.7. The second kappa shape index (κ2) is 18.7. The van der Waals surface area contributed by atoms with Crippen LogP contribution in [0.3, 0.4) is 0 Å². The predicted octanol–water partition coefficient (Wildman–Crippen LogP) is 7.30. The molecule has 0 heterocycles. The van der Waals surface area contributed by atoms with Gasteiger partial charge >= 0.3 is 12.3 Å². The lowest BCUT2D eigenvalue weighted by Gasteiger charge is -2.30. The molecule has 0 radical (unpaired) electrons. The molecule has 0 aromatic heterocycles. The predicted molar refractivity (Wildman–Crippen MR) is 137 cm³/mol. The number of hydrogen-bond donors (Lipinski definition) is 2. The fraction of sp³-hybridized carbons (Fsp3) is 0.929. The standard InChI is InChI=1S/C18H32O6.C10H20O/c1-14(2)16-9-7-15(8-10-16)13-24-18(21)23-12-6-4-3-5-11-22-17(19)20;1-8(2)10-5-3-9(7-11)4-6-10/h14-16H,3-13H2,1-2H3,(H,19,20);8-11H,3-7H2,1-2H3. The van der Waals surface area contributed by atoms with E-state index >= 15 is 0 Å². The van der Waals surface area contributed by atoms with Crippen LogP contribution in [0.25, 0.3) is 0 Å². The molecule has 0 atom stereocenters. The van der Waals surface area contributed by atoms with Crippen LogP contribution in [0.4, 0.5) is 9.59 Å². The number of aliphatic hydroxyl groups is 1. The summed E-state index contributed by atoms with van der Waals surface area (Å²) < 4.78 is 14.7. The average Bonchev–Trinajstić information content (AvgIpc) is 2.84. The van der Waals surface area contributed by atoms with E-state index in [1.165, 1.54) is 38.5 Å². The van der Waals surface area contributed by atoms with Gasteiger partial charge < -0.3 is 24.4 Å². The maximum Gasteiger partial charge on any atom is 0.508 e. The van der Waals surface area contributed by atoms with E-state index in [9.17, 15) is 9.59 Å². The van der Waals surface area contributed by atoms with E-state index in [2.05, 4.69) is 32.4 Å². The van der Waals surface area contributed by atoms with Crippen LogP contribution >= 0.6 is 0 Å². The van der Waals surface area contributed by atoms with Crippen molar-refractivity contribution in [3.05, 3.63) is 0 Å². The Morgan fingerprint density at radius 3 is 1.57 bits per heavy atom. The smallest absolute Gasteiger partial charge is 0.450 e. The van der Waals surface area contributed by atoms with Gasteiger partial charge in [0.2, 0.25) is 0 Å². The van der Waals surface area contributed by atoms with E-state index in [1.807, 2.05) is 0 Å². The number of carbonyl (C=O) groups excluding carboxylic acids is 1. The van der Waals surface area contributed by atoms with E-state index in [4.69, 9.17) is 19.7 Å². The van der Waals surface area contributed by atoms with Gasteiger partial charge in [-0.15, -0.1) is 0 Å².